The molecule has 5 heteroatoms. The summed E-state index contributed by atoms with van der Waals surface area (Å²) >= 11 is 0. The van der Waals surface area contributed by atoms with E-state index in [-0.39, 0.29) is 0 Å². The monoisotopic (exact) mass is 411 g/mol. The van der Waals surface area contributed by atoms with Gasteiger partial charge in [-0.05, 0) is 70.7 Å². The number of rotatable bonds is 6. The minimum Gasteiger partial charge on any atom is -0.478 e. The fourth-order valence-corrected chi connectivity index (χ4v) is 3.49. The van der Waals surface area contributed by atoms with Gasteiger partial charge in [0, 0.05) is 30.8 Å². The van der Waals surface area contributed by atoms with Crippen molar-refractivity contribution >= 4 is 11.3 Å². The van der Waals surface area contributed by atoms with Gasteiger partial charge in [0.2, 0.25) is 5.88 Å². The van der Waals surface area contributed by atoms with Gasteiger partial charge in [-0.3, -0.25) is 0 Å². The van der Waals surface area contributed by atoms with Gasteiger partial charge in [-0.2, -0.15) is 0 Å². The Morgan fingerprint density at radius 1 is 1.10 bits per heavy atom. The van der Waals surface area contributed by atoms with Crippen molar-refractivity contribution in [2.75, 3.05) is 24.7 Å². The molecule has 1 N–H and O–H groups in total. The highest BCUT2D eigenvalue weighted by Gasteiger charge is 2.23. The highest BCUT2D eigenvalue weighted by Crippen LogP contribution is 2.36. The molecule has 0 aromatic carbocycles. The maximum absolute atomic E-state index is 7.88. The van der Waals surface area contributed by atoms with Gasteiger partial charge in [0.25, 0.3) is 0 Å². The first kappa shape index (κ1) is 23.9. The molecule has 0 aliphatic carbocycles. The maximum Gasteiger partial charge on any atom is 0.213 e. The molecule has 1 aliphatic rings. The van der Waals surface area contributed by atoms with Crippen molar-refractivity contribution in [3.63, 3.8) is 0 Å². The largest absolute Gasteiger partial charge is 0.478 e. The summed E-state index contributed by atoms with van der Waals surface area (Å²) in [4.78, 5) is 12.2. The second-order valence-electron chi connectivity index (χ2n) is 7.81. The number of nitrogens with zero attached hydrogens (tertiary/aromatic N) is 3. The molecule has 2 aromatic rings. The predicted octanol–water partition coefficient (Wildman–Crippen LogP) is 5.43. The number of pyridine rings is 2. The van der Waals surface area contributed by atoms with Gasteiger partial charge >= 0.3 is 0 Å². The van der Waals surface area contributed by atoms with Crippen molar-refractivity contribution in [3.05, 3.63) is 41.2 Å². The number of aromatic nitrogens is 2. The zero-order valence-corrected chi connectivity index (χ0v) is 19.6. The molecule has 0 amide bonds. The first-order valence-corrected chi connectivity index (χ1v) is 11.1. The van der Waals surface area contributed by atoms with Crippen LogP contribution in [0.1, 0.15) is 64.9 Å². The summed E-state index contributed by atoms with van der Waals surface area (Å²) in [5, 5.41) is 7.88. The molecule has 0 unspecified atom stereocenters. The van der Waals surface area contributed by atoms with Crippen molar-refractivity contribution in [2.24, 2.45) is 0 Å². The van der Waals surface area contributed by atoms with Crippen LogP contribution in [-0.2, 0) is 6.42 Å². The van der Waals surface area contributed by atoms with Gasteiger partial charge in [-0.25, -0.2) is 9.97 Å². The number of aliphatic hydroxyl groups excluding tert-OH is 1. The first-order chi connectivity index (χ1) is 14.4. The van der Waals surface area contributed by atoms with Gasteiger partial charge in [-0.15, -0.1) is 0 Å². The van der Waals surface area contributed by atoms with Gasteiger partial charge in [0.05, 0.1) is 29.4 Å². The van der Waals surface area contributed by atoms with E-state index >= 15 is 0 Å². The Morgan fingerprint density at radius 2 is 1.80 bits per heavy atom. The fourth-order valence-electron chi connectivity index (χ4n) is 3.49. The number of aliphatic hydroxyl groups is 1. The zero-order valence-electron chi connectivity index (χ0n) is 19.6. The number of allylic oxidation sites excluding steroid dienone is 1. The van der Waals surface area contributed by atoms with Crippen LogP contribution >= 0.6 is 0 Å². The Kier molecular flexibility index (Phi) is 8.85. The van der Waals surface area contributed by atoms with E-state index in [4.69, 9.17) is 14.8 Å². The van der Waals surface area contributed by atoms with Crippen LogP contribution in [0.3, 0.4) is 0 Å². The van der Waals surface area contributed by atoms with Crippen LogP contribution in [0.25, 0.3) is 16.8 Å². The zero-order chi connectivity index (χ0) is 22.3. The lowest BCUT2D eigenvalue weighted by Crippen LogP contribution is -2.34. The van der Waals surface area contributed by atoms with Crippen LogP contribution in [0.5, 0.6) is 5.88 Å². The van der Waals surface area contributed by atoms with E-state index in [9.17, 15) is 0 Å². The molecule has 0 saturated heterocycles. The lowest BCUT2D eigenvalue weighted by molar-refractivity contribution is 0.295. The summed E-state index contributed by atoms with van der Waals surface area (Å²) in [6.07, 6.45) is 3.99. The van der Waals surface area contributed by atoms with E-state index in [1.165, 1.54) is 16.8 Å². The SMILES string of the molecule is CCCO.CCOc1ccc(-c2nc3c(cc2C)N(C(C)C)CC=C3C)c(CC)n1. The second-order valence-corrected chi connectivity index (χ2v) is 7.81. The molecular formula is C25H37N3O2. The van der Waals surface area contributed by atoms with E-state index < -0.39 is 0 Å². The summed E-state index contributed by atoms with van der Waals surface area (Å²) in [5.41, 5.74) is 7.91. The van der Waals surface area contributed by atoms with E-state index in [1.54, 1.807) is 0 Å². The van der Waals surface area contributed by atoms with Gasteiger partial charge < -0.3 is 14.7 Å². The van der Waals surface area contributed by atoms with Crippen LogP contribution in [0.4, 0.5) is 5.69 Å². The molecule has 0 fully saturated rings. The Hall–Kier alpha value is -2.40. The molecule has 0 spiro atoms. The van der Waals surface area contributed by atoms with Crippen LogP contribution in [0.15, 0.2) is 24.3 Å². The lowest BCUT2D eigenvalue weighted by Gasteiger charge is -2.33. The molecule has 0 radical (unpaired) electrons. The second kappa shape index (κ2) is 11.1. The van der Waals surface area contributed by atoms with Gasteiger partial charge in [0.15, 0.2) is 0 Å². The van der Waals surface area contributed by atoms with E-state index in [0.717, 1.165) is 42.0 Å². The molecule has 0 bridgehead atoms. The standard InChI is InChI=1S/C22H29N3O.C3H8O/c1-7-18-17(9-10-20(23-18)26-8-2)21-16(6)13-19-22(24-21)15(5)11-12-25(19)14(3)4;1-2-3-4/h9-11,13-14H,7-8,12H2,1-6H3;4H,2-3H2,1H3. The molecule has 30 heavy (non-hydrogen) atoms. The molecule has 1 aliphatic heterocycles. The number of hydrogen-bond donors (Lipinski definition) is 1. The molecule has 0 saturated carbocycles. The van der Waals surface area contributed by atoms with Gasteiger partial charge in [0.1, 0.15) is 0 Å². The predicted molar refractivity (Wildman–Crippen MR) is 126 cm³/mol. The molecule has 5 nitrogen and oxygen atoms in total. The molecule has 3 heterocycles. The minimum absolute atomic E-state index is 0.319. The summed E-state index contributed by atoms with van der Waals surface area (Å²) in [6, 6.07) is 6.77. The third kappa shape index (κ3) is 5.39. The summed E-state index contributed by atoms with van der Waals surface area (Å²) < 4.78 is 5.57. The number of fused-ring (bicyclic) bond motifs is 1. The fraction of sp³-hybridized carbons (Fsp3) is 0.520. The van der Waals surface area contributed by atoms with Crippen molar-refractivity contribution in [3.8, 4) is 17.1 Å². The van der Waals surface area contributed by atoms with Crippen LogP contribution in [-0.4, -0.2) is 40.9 Å². The van der Waals surface area contributed by atoms with Crippen molar-refractivity contribution < 1.29 is 9.84 Å². The quantitative estimate of drug-likeness (QED) is 0.686. The smallest absolute Gasteiger partial charge is 0.213 e. The minimum atomic E-state index is 0.319. The number of aryl methyl sites for hydroxylation is 2. The highest BCUT2D eigenvalue weighted by atomic mass is 16.5. The summed E-state index contributed by atoms with van der Waals surface area (Å²) in [6.45, 7) is 16.7. The normalized spacial score (nSPS) is 12.8. The Balaban J connectivity index is 0.000000735. The average molecular weight is 412 g/mol. The lowest BCUT2D eigenvalue weighted by atomic mass is 9.98. The van der Waals surface area contributed by atoms with E-state index in [0.29, 0.717) is 25.1 Å². The number of hydrogen-bond acceptors (Lipinski definition) is 5. The Morgan fingerprint density at radius 3 is 2.37 bits per heavy atom. The molecule has 0 atom stereocenters. The Bertz CT molecular complexity index is 873. The van der Waals surface area contributed by atoms with Crippen molar-refractivity contribution in [1.29, 1.82) is 0 Å². The van der Waals surface area contributed by atoms with Crippen LogP contribution < -0.4 is 9.64 Å². The summed E-state index contributed by atoms with van der Waals surface area (Å²) in [5.74, 6) is 0.686. The maximum atomic E-state index is 7.88. The van der Waals surface area contributed by atoms with E-state index in [2.05, 4.69) is 62.7 Å². The molecule has 3 rings (SSSR count). The first-order valence-electron chi connectivity index (χ1n) is 11.1. The third-order valence-corrected chi connectivity index (χ3v) is 5.15. The highest BCUT2D eigenvalue weighted by molar-refractivity contribution is 5.80. The molecular weight excluding hydrogens is 374 g/mol. The van der Waals surface area contributed by atoms with Crippen molar-refractivity contribution in [2.45, 2.75) is 67.3 Å². The van der Waals surface area contributed by atoms with E-state index in [1.807, 2.05) is 19.9 Å². The van der Waals surface area contributed by atoms with Gasteiger partial charge in [-0.1, -0.05) is 19.9 Å². The topological polar surface area (TPSA) is 58.5 Å². The molecule has 164 valence electrons. The molecule has 2 aromatic heterocycles. The van der Waals surface area contributed by atoms with Crippen molar-refractivity contribution in [1.82, 2.24) is 9.97 Å². The van der Waals surface area contributed by atoms with Crippen LogP contribution in [0.2, 0.25) is 0 Å². The Labute approximate surface area is 181 Å². The third-order valence-electron chi connectivity index (χ3n) is 5.15. The number of ether oxygens (including phenoxy) is 1. The number of anilines is 1. The summed E-state index contributed by atoms with van der Waals surface area (Å²) in [7, 11) is 0. The average Bonchev–Trinajstić information content (AvgIpc) is 2.74. The van der Waals surface area contributed by atoms with Crippen LogP contribution in [0, 0.1) is 6.92 Å².